The fraction of sp³-hybridized carbons (Fsp3) is 0.387. The topological polar surface area (TPSA) is 113 Å². The van der Waals surface area contributed by atoms with Crippen LogP contribution in [0.4, 0.5) is 10.1 Å². The molecule has 1 aromatic heterocycles. The summed E-state index contributed by atoms with van der Waals surface area (Å²) >= 11 is 6.36. The first-order valence-corrected chi connectivity index (χ1v) is 14.2. The van der Waals surface area contributed by atoms with Crippen molar-refractivity contribution >= 4 is 29.1 Å². The van der Waals surface area contributed by atoms with E-state index in [-0.39, 0.29) is 41.5 Å². The molecule has 0 unspecified atom stereocenters. The molecule has 2 aliphatic heterocycles. The van der Waals surface area contributed by atoms with Gasteiger partial charge in [-0.25, -0.2) is 4.39 Å². The van der Waals surface area contributed by atoms with Gasteiger partial charge in [-0.1, -0.05) is 17.7 Å². The second-order valence-corrected chi connectivity index (χ2v) is 11.2. The summed E-state index contributed by atoms with van der Waals surface area (Å²) in [6.07, 6.45) is 4.56. The predicted octanol–water partition coefficient (Wildman–Crippen LogP) is 5.57. The second kappa shape index (κ2) is 12.1. The molecule has 10 heteroatoms. The molecule has 0 saturated carbocycles. The van der Waals surface area contributed by atoms with Gasteiger partial charge >= 0.3 is 0 Å². The maximum Gasteiger partial charge on any atom is 0.251 e. The van der Waals surface area contributed by atoms with Crippen molar-refractivity contribution in [1.29, 1.82) is 0 Å². The number of halogens is 2. The van der Waals surface area contributed by atoms with Crippen molar-refractivity contribution in [3.8, 4) is 11.1 Å². The van der Waals surface area contributed by atoms with Gasteiger partial charge in [0, 0.05) is 41.6 Å². The van der Waals surface area contributed by atoms with Crippen molar-refractivity contribution in [1.82, 2.24) is 4.57 Å². The first kappa shape index (κ1) is 29.0. The average Bonchev–Trinajstić information content (AvgIpc) is 2.92. The highest BCUT2D eigenvalue weighted by atomic mass is 35.5. The number of pyridine rings is 1. The normalized spacial score (nSPS) is 21.1. The number of amides is 2. The Kier molecular flexibility index (Phi) is 8.58. The minimum Gasteiger partial charge on any atom is -0.378 e. The van der Waals surface area contributed by atoms with Gasteiger partial charge in [0.15, 0.2) is 0 Å². The van der Waals surface area contributed by atoms with Gasteiger partial charge in [0.25, 0.3) is 11.5 Å². The van der Waals surface area contributed by atoms with Gasteiger partial charge in [-0.05, 0) is 86.6 Å². The number of anilines is 1. The van der Waals surface area contributed by atoms with Gasteiger partial charge in [-0.15, -0.1) is 0 Å². The minimum absolute atomic E-state index is 0.0912. The number of nitrogens with two attached hydrogens (primary N) is 1. The van der Waals surface area contributed by atoms with E-state index in [9.17, 15) is 18.8 Å². The lowest BCUT2D eigenvalue weighted by molar-refractivity contribution is -0.121. The van der Waals surface area contributed by atoms with Gasteiger partial charge < -0.3 is 25.1 Å². The van der Waals surface area contributed by atoms with E-state index in [4.69, 9.17) is 26.8 Å². The summed E-state index contributed by atoms with van der Waals surface area (Å²) in [7, 11) is 0. The molecule has 8 nitrogen and oxygen atoms in total. The van der Waals surface area contributed by atoms with Crippen molar-refractivity contribution in [2.45, 2.75) is 70.3 Å². The number of benzene rings is 2. The van der Waals surface area contributed by atoms with E-state index in [1.807, 2.05) is 32.0 Å². The van der Waals surface area contributed by atoms with Crippen LogP contribution in [0.5, 0.6) is 0 Å². The molecule has 3 heterocycles. The van der Waals surface area contributed by atoms with E-state index in [0.717, 1.165) is 42.0 Å². The quantitative estimate of drug-likeness (QED) is 0.395. The molecular formula is C31H33ClFN3O5. The summed E-state index contributed by atoms with van der Waals surface area (Å²) in [5, 5.41) is 3.27. The van der Waals surface area contributed by atoms with Gasteiger partial charge in [0.1, 0.15) is 11.9 Å². The molecule has 2 amide bonds. The van der Waals surface area contributed by atoms with Crippen molar-refractivity contribution < 1.29 is 23.5 Å². The van der Waals surface area contributed by atoms with Gasteiger partial charge in [-0.2, -0.15) is 0 Å². The number of rotatable bonds is 6. The van der Waals surface area contributed by atoms with Crippen LogP contribution in [0, 0.1) is 5.82 Å². The highest BCUT2D eigenvalue weighted by Gasteiger charge is 2.30. The Morgan fingerprint density at radius 3 is 2.66 bits per heavy atom. The number of nitrogens with zero attached hydrogens (tertiary/aromatic N) is 1. The van der Waals surface area contributed by atoms with E-state index >= 15 is 0 Å². The van der Waals surface area contributed by atoms with Crippen molar-refractivity contribution in [3.05, 3.63) is 86.5 Å². The molecule has 0 radical (unpaired) electrons. The number of hydrogen-bond acceptors (Lipinski definition) is 5. The summed E-state index contributed by atoms with van der Waals surface area (Å²) in [4.78, 5) is 38.9. The number of carbonyl (C=O) groups is 2. The maximum absolute atomic E-state index is 14.4. The molecule has 216 valence electrons. The third-order valence-corrected chi connectivity index (χ3v) is 7.99. The van der Waals surface area contributed by atoms with Crippen LogP contribution < -0.4 is 16.6 Å². The second-order valence-electron chi connectivity index (χ2n) is 10.8. The molecule has 0 spiro atoms. The SMILES string of the molecule is C[C@@H]1Cc2ccc(Cl)cc2-c2cc(=O)n([C@@H](C[C@@H]3CCCCO3)C(=O)Nc3ccc(C(N)=O)c(F)c3)cc2[C@H](C)O1. The summed E-state index contributed by atoms with van der Waals surface area (Å²) in [5.74, 6) is -2.27. The Labute approximate surface area is 242 Å². The number of fused-ring (bicyclic) bond motifs is 3. The molecule has 1 fully saturated rings. The number of hydrogen-bond donors (Lipinski definition) is 2. The van der Waals surface area contributed by atoms with Crippen molar-refractivity contribution in [2.24, 2.45) is 5.73 Å². The Morgan fingerprint density at radius 2 is 1.95 bits per heavy atom. The molecule has 3 aromatic rings. The Morgan fingerprint density at radius 1 is 1.15 bits per heavy atom. The fourth-order valence-electron chi connectivity index (χ4n) is 5.73. The molecule has 2 aliphatic rings. The lowest BCUT2D eigenvalue weighted by Crippen LogP contribution is -2.37. The molecule has 3 N–H and O–H groups in total. The highest BCUT2D eigenvalue weighted by molar-refractivity contribution is 6.30. The van der Waals surface area contributed by atoms with E-state index in [0.29, 0.717) is 23.6 Å². The molecule has 4 atom stereocenters. The fourth-order valence-corrected chi connectivity index (χ4v) is 5.90. The Balaban J connectivity index is 1.57. The molecular weight excluding hydrogens is 549 g/mol. The van der Waals surface area contributed by atoms with Crippen molar-refractivity contribution in [3.63, 3.8) is 0 Å². The van der Waals surface area contributed by atoms with Gasteiger partial charge in [-0.3, -0.25) is 14.4 Å². The van der Waals surface area contributed by atoms with Crippen LogP contribution in [-0.4, -0.2) is 35.2 Å². The van der Waals surface area contributed by atoms with Gasteiger partial charge in [0.2, 0.25) is 5.91 Å². The lowest BCUT2D eigenvalue weighted by Gasteiger charge is -2.30. The minimum atomic E-state index is -0.955. The highest BCUT2D eigenvalue weighted by Crippen LogP contribution is 2.37. The first-order valence-electron chi connectivity index (χ1n) is 13.8. The monoisotopic (exact) mass is 581 g/mol. The third-order valence-electron chi connectivity index (χ3n) is 7.76. The number of primary amides is 1. The van der Waals surface area contributed by atoms with Crippen LogP contribution in [0.2, 0.25) is 5.02 Å². The summed E-state index contributed by atoms with van der Waals surface area (Å²) in [6, 6.07) is 9.85. The lowest BCUT2D eigenvalue weighted by atomic mass is 9.90. The number of ether oxygens (including phenoxy) is 2. The van der Waals surface area contributed by atoms with Crippen molar-refractivity contribution in [2.75, 3.05) is 11.9 Å². The number of nitrogens with one attached hydrogen (secondary N) is 1. The molecule has 41 heavy (non-hydrogen) atoms. The maximum atomic E-state index is 14.4. The Hall–Kier alpha value is -3.53. The van der Waals surface area contributed by atoms with E-state index in [1.54, 1.807) is 6.20 Å². The van der Waals surface area contributed by atoms with Crippen LogP contribution in [0.25, 0.3) is 11.1 Å². The molecule has 1 saturated heterocycles. The number of carbonyl (C=O) groups excluding carboxylic acids is 2. The molecule has 5 rings (SSSR count). The largest absolute Gasteiger partial charge is 0.378 e. The van der Waals surface area contributed by atoms with Crippen LogP contribution >= 0.6 is 11.6 Å². The van der Waals surface area contributed by atoms with Gasteiger partial charge in [0.05, 0.1) is 23.9 Å². The number of aromatic nitrogens is 1. The first-order chi connectivity index (χ1) is 19.6. The standard InChI is InChI=1S/C31H33ClFN3O5/c1-17-11-19-6-7-20(32)12-24(19)25-15-29(37)36(16-26(25)18(2)41-17)28(14-22-5-3-4-10-40-22)31(39)35-21-8-9-23(30(34)38)27(33)13-21/h6-9,12-13,15-18,22,28H,3-5,10-11,14H2,1-2H3,(H2,34,38)(H,35,39)/t17-,18+,22+,28+/m1/s1. The van der Waals surface area contributed by atoms with Crippen LogP contribution in [0.15, 0.2) is 53.5 Å². The van der Waals surface area contributed by atoms with Crippen LogP contribution in [0.3, 0.4) is 0 Å². The average molecular weight is 582 g/mol. The van der Waals surface area contributed by atoms with Crippen LogP contribution in [-0.2, 0) is 20.7 Å². The zero-order chi connectivity index (χ0) is 29.3. The zero-order valence-corrected chi connectivity index (χ0v) is 23.7. The molecule has 2 aromatic carbocycles. The zero-order valence-electron chi connectivity index (χ0n) is 23.0. The van der Waals surface area contributed by atoms with E-state index in [1.165, 1.54) is 22.8 Å². The van der Waals surface area contributed by atoms with E-state index < -0.39 is 23.7 Å². The third kappa shape index (κ3) is 6.37. The summed E-state index contributed by atoms with van der Waals surface area (Å²) < 4.78 is 28.1. The molecule has 0 aliphatic carbocycles. The molecule has 0 bridgehead atoms. The van der Waals surface area contributed by atoms with Crippen LogP contribution in [0.1, 0.15) is 73.2 Å². The summed E-state index contributed by atoms with van der Waals surface area (Å²) in [6.45, 7) is 4.50. The predicted molar refractivity (Wildman–Crippen MR) is 155 cm³/mol. The smallest absolute Gasteiger partial charge is 0.251 e. The summed E-state index contributed by atoms with van der Waals surface area (Å²) in [5.41, 5.74) is 8.03. The Bertz CT molecular complexity index is 1530. The van der Waals surface area contributed by atoms with E-state index in [2.05, 4.69) is 5.32 Å².